The minimum absolute atomic E-state index is 0.0405. The van der Waals surface area contributed by atoms with Crippen LogP contribution in [0.15, 0.2) is 43.0 Å². The number of aliphatic hydroxyl groups is 1. The van der Waals surface area contributed by atoms with Crippen molar-refractivity contribution >= 4 is 23.6 Å². The molecule has 1 fully saturated rings. The number of rotatable bonds is 7. The highest BCUT2D eigenvalue weighted by molar-refractivity contribution is 6.30. The van der Waals surface area contributed by atoms with Gasteiger partial charge >= 0.3 is 0 Å². The number of carbonyl (C=O) groups is 1. The fraction of sp³-hybridized carbons (Fsp3) is 0.304. The number of benzene rings is 1. The van der Waals surface area contributed by atoms with Crippen molar-refractivity contribution in [3.8, 4) is 11.3 Å². The van der Waals surface area contributed by atoms with Crippen LogP contribution < -0.4 is 10.6 Å². The number of aliphatic hydroxyl groups excluding tert-OH is 1. The quantitative estimate of drug-likeness (QED) is 0.386. The fourth-order valence-electron chi connectivity index (χ4n) is 3.95. The van der Waals surface area contributed by atoms with Gasteiger partial charge in [-0.25, -0.2) is 4.98 Å². The molecule has 5 N–H and O–H groups in total. The van der Waals surface area contributed by atoms with E-state index in [1.165, 1.54) is 0 Å². The summed E-state index contributed by atoms with van der Waals surface area (Å²) in [4.78, 5) is 24.0. The van der Waals surface area contributed by atoms with Crippen LogP contribution in [-0.2, 0) is 6.61 Å². The van der Waals surface area contributed by atoms with Gasteiger partial charge < -0.3 is 25.7 Å². The van der Waals surface area contributed by atoms with Crippen molar-refractivity contribution in [3.63, 3.8) is 0 Å². The number of H-pyrrole nitrogens is 2. The van der Waals surface area contributed by atoms with Gasteiger partial charge in [-0.15, -0.1) is 0 Å². The summed E-state index contributed by atoms with van der Waals surface area (Å²) in [6.07, 6.45) is 4.71. The lowest BCUT2D eigenvalue weighted by atomic mass is 9.97. The molecule has 1 aliphatic rings. The zero-order chi connectivity index (χ0) is 21.8. The Balaban J connectivity index is 1.58. The summed E-state index contributed by atoms with van der Waals surface area (Å²) in [6.45, 7) is 4.48. The Labute approximate surface area is 185 Å². The molecule has 2 aromatic heterocycles. The monoisotopic (exact) mass is 439 g/mol. The first kappa shape index (κ1) is 21.4. The third kappa shape index (κ3) is 4.74. The summed E-state index contributed by atoms with van der Waals surface area (Å²) in [7, 11) is 0. The largest absolute Gasteiger partial charge is 0.390 e. The zero-order valence-electron chi connectivity index (χ0n) is 17.1. The number of aromatic amines is 2. The maximum atomic E-state index is 13.1. The Kier molecular flexibility index (Phi) is 6.56. The molecule has 0 bridgehead atoms. The van der Waals surface area contributed by atoms with Gasteiger partial charge in [0.05, 0.1) is 18.0 Å². The second-order valence-electron chi connectivity index (χ2n) is 7.65. The molecule has 1 aromatic carbocycles. The first-order valence-corrected chi connectivity index (χ1v) is 10.8. The summed E-state index contributed by atoms with van der Waals surface area (Å²) in [5.74, 6) is 0.385. The molecule has 1 amide bonds. The van der Waals surface area contributed by atoms with E-state index >= 15 is 0 Å². The molecular weight excluding hydrogens is 414 g/mol. The summed E-state index contributed by atoms with van der Waals surface area (Å²) < 4.78 is 0. The lowest BCUT2D eigenvalue weighted by molar-refractivity contribution is 0.0916. The number of amides is 1. The van der Waals surface area contributed by atoms with Crippen LogP contribution in [-0.4, -0.2) is 38.6 Å². The van der Waals surface area contributed by atoms with E-state index in [1.54, 1.807) is 12.1 Å². The molecule has 8 heteroatoms. The highest BCUT2D eigenvalue weighted by atomic mass is 35.5. The summed E-state index contributed by atoms with van der Waals surface area (Å²) in [5, 5.41) is 16.9. The lowest BCUT2D eigenvalue weighted by Gasteiger charge is -2.30. The van der Waals surface area contributed by atoms with E-state index in [9.17, 15) is 9.90 Å². The average Bonchev–Trinajstić information content (AvgIpc) is 3.46. The Hall–Kier alpha value is -2.87. The number of aromatic nitrogens is 3. The topological polar surface area (TPSA) is 106 Å². The number of imidazole rings is 1. The van der Waals surface area contributed by atoms with Crippen molar-refractivity contribution in [2.75, 3.05) is 6.54 Å². The SMILES string of the molecule is C=Cc1nc(C(NC(=O)c2ccc(-c3ccc(Cl)cc3)[nH]2)C2CCCCN2)[nH]c1CO. The molecule has 3 heterocycles. The lowest BCUT2D eigenvalue weighted by Crippen LogP contribution is -2.46. The predicted molar refractivity (Wildman–Crippen MR) is 122 cm³/mol. The second-order valence-corrected chi connectivity index (χ2v) is 8.08. The maximum absolute atomic E-state index is 13.1. The molecule has 0 spiro atoms. The van der Waals surface area contributed by atoms with E-state index in [1.807, 2.05) is 30.3 Å². The predicted octanol–water partition coefficient (Wildman–Crippen LogP) is 3.81. The van der Waals surface area contributed by atoms with Crippen LogP contribution in [0.25, 0.3) is 17.3 Å². The number of piperidine rings is 1. The Morgan fingerprint density at radius 2 is 2.06 bits per heavy atom. The van der Waals surface area contributed by atoms with Crippen LogP contribution in [0.1, 0.15) is 53.0 Å². The normalized spacial score (nSPS) is 17.3. The van der Waals surface area contributed by atoms with Gasteiger partial charge in [-0.2, -0.15) is 0 Å². The molecule has 0 saturated carbocycles. The van der Waals surface area contributed by atoms with Crippen LogP contribution in [0.4, 0.5) is 0 Å². The Bertz CT molecular complexity index is 1050. The van der Waals surface area contributed by atoms with E-state index < -0.39 is 0 Å². The van der Waals surface area contributed by atoms with E-state index in [0.717, 1.165) is 37.1 Å². The molecule has 3 aromatic rings. The molecule has 0 aliphatic carbocycles. The highest BCUT2D eigenvalue weighted by Crippen LogP contribution is 2.25. The Morgan fingerprint density at radius 3 is 2.71 bits per heavy atom. The van der Waals surface area contributed by atoms with Gasteiger partial charge in [0.1, 0.15) is 17.6 Å². The van der Waals surface area contributed by atoms with Crippen LogP contribution in [0.2, 0.25) is 5.02 Å². The van der Waals surface area contributed by atoms with Crippen molar-refractivity contribution < 1.29 is 9.90 Å². The average molecular weight is 440 g/mol. The van der Waals surface area contributed by atoms with Gasteiger partial charge in [-0.05, 0) is 55.3 Å². The van der Waals surface area contributed by atoms with Crippen LogP contribution in [0.3, 0.4) is 0 Å². The van der Waals surface area contributed by atoms with E-state index in [0.29, 0.717) is 27.9 Å². The maximum Gasteiger partial charge on any atom is 0.268 e. The minimum atomic E-state index is -0.367. The van der Waals surface area contributed by atoms with Crippen LogP contribution in [0, 0.1) is 0 Å². The highest BCUT2D eigenvalue weighted by Gasteiger charge is 2.30. The number of nitrogens with zero attached hydrogens (tertiary/aromatic N) is 1. The van der Waals surface area contributed by atoms with Crippen LogP contribution >= 0.6 is 11.6 Å². The Morgan fingerprint density at radius 1 is 1.26 bits per heavy atom. The third-order valence-electron chi connectivity index (χ3n) is 5.60. The number of nitrogens with one attached hydrogen (secondary N) is 4. The molecule has 2 unspecified atom stereocenters. The smallest absolute Gasteiger partial charge is 0.268 e. The molecule has 31 heavy (non-hydrogen) atoms. The van der Waals surface area contributed by atoms with Crippen molar-refractivity contribution in [3.05, 3.63) is 70.9 Å². The molecule has 1 saturated heterocycles. The third-order valence-corrected chi connectivity index (χ3v) is 5.85. The van der Waals surface area contributed by atoms with Gasteiger partial charge in [0.15, 0.2) is 0 Å². The molecular formula is C23H26ClN5O2. The summed E-state index contributed by atoms with van der Waals surface area (Å²) >= 11 is 5.97. The molecule has 2 atom stereocenters. The van der Waals surface area contributed by atoms with E-state index in [2.05, 4.69) is 32.2 Å². The first-order chi connectivity index (χ1) is 15.1. The summed E-state index contributed by atoms with van der Waals surface area (Å²) in [5.41, 5.74) is 3.43. The number of hydrogen-bond donors (Lipinski definition) is 5. The van der Waals surface area contributed by atoms with Crippen molar-refractivity contribution in [1.29, 1.82) is 0 Å². The minimum Gasteiger partial charge on any atom is -0.390 e. The number of hydrogen-bond acceptors (Lipinski definition) is 4. The van der Waals surface area contributed by atoms with E-state index in [4.69, 9.17) is 11.6 Å². The molecule has 7 nitrogen and oxygen atoms in total. The van der Waals surface area contributed by atoms with Crippen LogP contribution in [0.5, 0.6) is 0 Å². The van der Waals surface area contributed by atoms with Gasteiger partial charge in [-0.3, -0.25) is 4.79 Å². The first-order valence-electron chi connectivity index (χ1n) is 10.4. The number of carbonyl (C=O) groups excluding carboxylic acids is 1. The molecule has 162 valence electrons. The van der Waals surface area contributed by atoms with E-state index in [-0.39, 0.29) is 24.6 Å². The van der Waals surface area contributed by atoms with Crippen molar-refractivity contribution in [2.45, 2.75) is 38.0 Å². The zero-order valence-corrected chi connectivity index (χ0v) is 17.9. The molecule has 0 radical (unpaired) electrons. The van der Waals surface area contributed by atoms with Gasteiger partial charge in [-0.1, -0.05) is 36.7 Å². The van der Waals surface area contributed by atoms with Gasteiger partial charge in [0.2, 0.25) is 0 Å². The standard InChI is InChI=1S/C23H26ClN5O2/c1-2-16-20(13-30)28-22(27-16)21(18-5-3-4-12-25-18)29-23(31)19-11-10-17(26-19)14-6-8-15(24)9-7-14/h2,6-11,18,21,25-26,30H,1,3-5,12-13H2,(H,27,28)(H,29,31). The van der Waals surface area contributed by atoms with Crippen molar-refractivity contribution in [2.24, 2.45) is 0 Å². The number of halogens is 1. The van der Waals surface area contributed by atoms with Gasteiger partial charge in [0, 0.05) is 16.8 Å². The summed E-state index contributed by atoms with van der Waals surface area (Å²) in [6, 6.07) is 10.7. The van der Waals surface area contributed by atoms with Gasteiger partial charge in [0.25, 0.3) is 5.91 Å². The second kappa shape index (κ2) is 9.51. The molecule has 1 aliphatic heterocycles. The fourth-order valence-corrected chi connectivity index (χ4v) is 4.07. The molecule has 4 rings (SSSR count). The van der Waals surface area contributed by atoms with Crippen molar-refractivity contribution in [1.82, 2.24) is 25.6 Å².